The Morgan fingerprint density at radius 1 is 1.33 bits per heavy atom. The molecule has 1 nitrogen and oxygen atoms in total. The second-order valence-electron chi connectivity index (χ2n) is 1.09. The molecule has 0 unspecified atom stereocenters. The third-order valence-corrected chi connectivity index (χ3v) is 0. The van der Waals surface area contributed by atoms with Crippen LogP contribution < -0.4 is 0 Å². The van der Waals surface area contributed by atoms with Crippen molar-refractivity contribution in [1.29, 1.82) is 0 Å². The molecule has 0 rings (SSSR count). The van der Waals surface area contributed by atoms with E-state index in [0.717, 1.165) is 0 Å². The molecule has 0 saturated heterocycles. The van der Waals surface area contributed by atoms with Crippen molar-refractivity contribution in [2.75, 3.05) is 0 Å². The standard InChI is InChI=1S/C3H8O.CH3.Ti/c1-3(2)4;;/h3-4H,1-2H3;1H3;. The molecule has 37 valence electrons. The van der Waals surface area contributed by atoms with E-state index in [9.17, 15) is 0 Å². The van der Waals surface area contributed by atoms with Gasteiger partial charge in [0.1, 0.15) is 0 Å². The second kappa shape index (κ2) is 9.18. The van der Waals surface area contributed by atoms with Gasteiger partial charge in [-0.1, -0.05) is 0 Å². The Labute approximate surface area is 51.2 Å². The Morgan fingerprint density at radius 3 is 1.33 bits per heavy atom. The Kier molecular flexibility index (Phi) is 15.1. The van der Waals surface area contributed by atoms with Gasteiger partial charge in [0, 0.05) is 6.10 Å². The van der Waals surface area contributed by atoms with Gasteiger partial charge in [-0.3, -0.25) is 0 Å². The summed E-state index contributed by atoms with van der Waals surface area (Å²) in [6, 6.07) is 0. The summed E-state index contributed by atoms with van der Waals surface area (Å²) in [6.45, 7) is 3.44. The van der Waals surface area contributed by atoms with E-state index in [4.69, 9.17) is 5.11 Å². The van der Waals surface area contributed by atoms with Crippen LogP contribution in [0.2, 0.25) is 5.23 Å². The van der Waals surface area contributed by atoms with Gasteiger partial charge in [-0.2, -0.15) is 0 Å². The fourth-order valence-electron chi connectivity index (χ4n) is 0. The Balaban J connectivity index is 0. The quantitative estimate of drug-likeness (QED) is 0.476. The molecule has 0 aliphatic rings. The minimum absolute atomic E-state index is 0.167. The van der Waals surface area contributed by atoms with Gasteiger partial charge in [-0.15, -0.1) is 0 Å². The summed E-state index contributed by atoms with van der Waals surface area (Å²) in [6.07, 6.45) is -0.167. The van der Waals surface area contributed by atoms with Gasteiger partial charge in [-0.25, -0.2) is 0 Å². The van der Waals surface area contributed by atoms with Crippen LogP contribution in [0.25, 0.3) is 0 Å². The van der Waals surface area contributed by atoms with E-state index in [2.05, 4.69) is 0 Å². The van der Waals surface area contributed by atoms with Crippen LogP contribution in [0.1, 0.15) is 13.8 Å². The van der Waals surface area contributed by atoms with Crippen LogP contribution in [0, 0.1) is 0 Å². The van der Waals surface area contributed by atoms with E-state index < -0.39 is 0 Å². The maximum absolute atomic E-state index is 8.06. The van der Waals surface area contributed by atoms with Gasteiger partial charge in [0.05, 0.1) is 0 Å². The third kappa shape index (κ3) is 139. The average Bonchev–Trinajstić information content (AvgIpc) is 1.41. The first-order valence-electron chi connectivity index (χ1n) is 1.91. The summed E-state index contributed by atoms with van der Waals surface area (Å²) >= 11 is 2.00. The van der Waals surface area contributed by atoms with Crippen molar-refractivity contribution in [2.45, 2.75) is 25.2 Å². The molecule has 0 fully saturated rings. The van der Waals surface area contributed by atoms with Crippen LogP contribution >= 0.6 is 0 Å². The predicted molar refractivity (Wildman–Crippen MR) is 23.2 cm³/mol. The number of aliphatic hydroxyl groups is 1. The first kappa shape index (κ1) is 9.84. The molecular formula is C4H11OTi. The number of hydrogen-bond donors (Lipinski definition) is 1. The van der Waals surface area contributed by atoms with Crippen LogP contribution in [-0.2, 0) is 20.4 Å². The zero-order valence-electron chi connectivity index (χ0n) is 4.52. The number of rotatable bonds is 0. The molecule has 0 aromatic heterocycles. The molecule has 0 aromatic rings. The van der Waals surface area contributed by atoms with Gasteiger partial charge in [0.25, 0.3) is 0 Å². The SMILES string of the molecule is CC(C)O.[CH3][Ti]. The molecule has 6 heavy (non-hydrogen) atoms. The molecule has 0 atom stereocenters. The van der Waals surface area contributed by atoms with Crippen LogP contribution in [0.5, 0.6) is 0 Å². The van der Waals surface area contributed by atoms with Gasteiger partial charge in [0.2, 0.25) is 0 Å². The second-order valence-corrected chi connectivity index (χ2v) is 1.09. The van der Waals surface area contributed by atoms with Crippen LogP contribution in [-0.4, -0.2) is 11.2 Å². The van der Waals surface area contributed by atoms with Crippen molar-refractivity contribution < 1.29 is 25.5 Å². The number of hydrogen-bond acceptors (Lipinski definition) is 1. The minimum atomic E-state index is -0.167. The maximum atomic E-state index is 8.06. The molecule has 0 bridgehead atoms. The summed E-state index contributed by atoms with van der Waals surface area (Å²) in [5.41, 5.74) is 0. The van der Waals surface area contributed by atoms with Gasteiger partial charge in [-0.05, 0) is 13.8 Å². The molecule has 0 radical (unpaired) electrons. The van der Waals surface area contributed by atoms with Crippen molar-refractivity contribution in [1.82, 2.24) is 0 Å². The summed E-state index contributed by atoms with van der Waals surface area (Å²) in [7, 11) is 0. The van der Waals surface area contributed by atoms with Crippen LogP contribution in [0.4, 0.5) is 0 Å². The van der Waals surface area contributed by atoms with E-state index in [1.807, 2.05) is 25.7 Å². The summed E-state index contributed by atoms with van der Waals surface area (Å²) in [4.78, 5) is 0. The molecule has 0 spiro atoms. The molecular weight excluding hydrogens is 112 g/mol. The summed E-state index contributed by atoms with van der Waals surface area (Å²) in [5, 5.41) is 10.1. The molecule has 1 N–H and O–H groups in total. The van der Waals surface area contributed by atoms with Crippen molar-refractivity contribution in [3.05, 3.63) is 0 Å². The zero-order valence-corrected chi connectivity index (χ0v) is 6.09. The Morgan fingerprint density at radius 2 is 1.33 bits per heavy atom. The first-order valence-corrected chi connectivity index (χ1v) is 3.47. The first-order chi connectivity index (χ1) is 2.73. The normalized spacial score (nSPS) is 6.67. The molecule has 0 aliphatic carbocycles. The third-order valence-electron chi connectivity index (χ3n) is 0. The van der Waals surface area contributed by atoms with E-state index in [-0.39, 0.29) is 6.10 Å². The van der Waals surface area contributed by atoms with Crippen molar-refractivity contribution in [3.63, 3.8) is 0 Å². The van der Waals surface area contributed by atoms with Crippen molar-refractivity contribution in [3.8, 4) is 0 Å². The monoisotopic (exact) mass is 123 g/mol. The van der Waals surface area contributed by atoms with E-state index >= 15 is 0 Å². The Hall–Kier alpha value is 0.674. The molecule has 0 amide bonds. The number of aliphatic hydroxyl groups excluding tert-OH is 1. The molecule has 0 aliphatic heterocycles. The van der Waals surface area contributed by atoms with Crippen LogP contribution in [0.3, 0.4) is 0 Å². The van der Waals surface area contributed by atoms with E-state index in [1.165, 1.54) is 0 Å². The summed E-state index contributed by atoms with van der Waals surface area (Å²) < 4.78 is 0. The van der Waals surface area contributed by atoms with E-state index in [1.54, 1.807) is 13.8 Å². The predicted octanol–water partition coefficient (Wildman–Crippen LogP) is 0.968. The van der Waals surface area contributed by atoms with Gasteiger partial charge >= 0.3 is 25.7 Å². The van der Waals surface area contributed by atoms with Gasteiger partial charge in [0.15, 0.2) is 0 Å². The zero-order chi connectivity index (χ0) is 5.58. The topological polar surface area (TPSA) is 20.2 Å². The molecule has 2 heteroatoms. The van der Waals surface area contributed by atoms with E-state index in [0.29, 0.717) is 0 Å². The fourth-order valence-corrected chi connectivity index (χ4v) is 0. The molecule has 0 aromatic carbocycles. The summed E-state index contributed by atoms with van der Waals surface area (Å²) in [5.74, 6) is 0. The average molecular weight is 123 g/mol. The molecule has 0 saturated carbocycles. The van der Waals surface area contributed by atoms with Crippen molar-refractivity contribution in [2.24, 2.45) is 0 Å². The van der Waals surface area contributed by atoms with Crippen LogP contribution in [0.15, 0.2) is 0 Å². The van der Waals surface area contributed by atoms with Gasteiger partial charge < -0.3 is 5.11 Å². The van der Waals surface area contributed by atoms with Crippen molar-refractivity contribution >= 4 is 0 Å². The molecule has 0 heterocycles. The fraction of sp³-hybridized carbons (Fsp3) is 1.00. The Bertz CT molecular complexity index is 12.3.